The van der Waals surface area contributed by atoms with E-state index in [2.05, 4.69) is 39.4 Å². The fourth-order valence-electron chi connectivity index (χ4n) is 3.27. The zero-order chi connectivity index (χ0) is 17.9. The number of guanidine groups is 1. The minimum absolute atomic E-state index is 0.605. The fourth-order valence-corrected chi connectivity index (χ4v) is 3.27. The Morgan fingerprint density at radius 1 is 1.32 bits per heavy atom. The summed E-state index contributed by atoms with van der Waals surface area (Å²) < 4.78 is 5.09. The van der Waals surface area contributed by atoms with E-state index >= 15 is 0 Å². The molecule has 1 aromatic heterocycles. The fraction of sp³-hybridized carbons (Fsp3) is 0.684. The molecular formula is C19H33N5O. The van der Waals surface area contributed by atoms with Crippen LogP contribution in [0, 0.1) is 0 Å². The van der Waals surface area contributed by atoms with E-state index in [0.717, 1.165) is 37.2 Å². The van der Waals surface area contributed by atoms with E-state index in [1.165, 1.54) is 32.2 Å². The first-order chi connectivity index (χ1) is 12.3. The largest absolute Gasteiger partial charge is 0.481 e. The third kappa shape index (κ3) is 6.53. The number of nitrogens with one attached hydrogen (secondary N) is 2. The van der Waals surface area contributed by atoms with Crippen molar-refractivity contribution in [3.05, 3.63) is 23.9 Å². The number of pyridine rings is 1. The Morgan fingerprint density at radius 3 is 2.88 bits per heavy atom. The highest BCUT2D eigenvalue weighted by molar-refractivity contribution is 5.79. The lowest BCUT2D eigenvalue weighted by Crippen LogP contribution is -2.45. The van der Waals surface area contributed by atoms with Crippen molar-refractivity contribution >= 4 is 5.96 Å². The van der Waals surface area contributed by atoms with Crippen LogP contribution in [0.5, 0.6) is 5.88 Å². The standard InChI is InChI=1S/C19H33N5O/c1-4-17-8-6-7-12-24(17)13-11-21-19(20-5-2)23-15-16-9-10-18(25-3)22-14-16/h9-10,14,17H,4-8,11-13,15H2,1-3H3,(H2,20,21,23). The topological polar surface area (TPSA) is 61.8 Å². The summed E-state index contributed by atoms with van der Waals surface area (Å²) in [7, 11) is 1.62. The van der Waals surface area contributed by atoms with Crippen LogP contribution in [-0.2, 0) is 6.54 Å². The van der Waals surface area contributed by atoms with Crippen molar-refractivity contribution in [1.82, 2.24) is 20.5 Å². The van der Waals surface area contributed by atoms with E-state index in [4.69, 9.17) is 4.74 Å². The molecule has 1 saturated heterocycles. The molecule has 1 unspecified atom stereocenters. The molecule has 6 heteroatoms. The summed E-state index contributed by atoms with van der Waals surface area (Å²) in [6.07, 6.45) is 7.11. The predicted molar refractivity (Wildman–Crippen MR) is 103 cm³/mol. The molecule has 1 aliphatic rings. The minimum atomic E-state index is 0.605. The molecule has 0 amide bonds. The number of likely N-dealkylation sites (tertiary alicyclic amines) is 1. The van der Waals surface area contributed by atoms with Crippen molar-refractivity contribution in [1.29, 1.82) is 0 Å². The monoisotopic (exact) mass is 347 g/mol. The number of hydrogen-bond acceptors (Lipinski definition) is 4. The van der Waals surface area contributed by atoms with Crippen molar-refractivity contribution in [2.75, 3.05) is 33.3 Å². The van der Waals surface area contributed by atoms with Gasteiger partial charge in [-0.15, -0.1) is 0 Å². The van der Waals surface area contributed by atoms with Crippen molar-refractivity contribution in [2.24, 2.45) is 4.99 Å². The number of ether oxygens (including phenoxy) is 1. The summed E-state index contributed by atoms with van der Waals surface area (Å²) in [5, 5.41) is 6.77. The van der Waals surface area contributed by atoms with Crippen LogP contribution < -0.4 is 15.4 Å². The maximum absolute atomic E-state index is 5.09. The zero-order valence-electron chi connectivity index (χ0n) is 15.9. The SMILES string of the molecule is CCNC(=NCc1ccc(OC)nc1)NCCN1CCCCC1CC. The summed E-state index contributed by atoms with van der Waals surface area (Å²) in [4.78, 5) is 11.5. The van der Waals surface area contributed by atoms with Gasteiger partial charge >= 0.3 is 0 Å². The maximum atomic E-state index is 5.09. The normalized spacial score (nSPS) is 18.8. The molecule has 2 N–H and O–H groups in total. The van der Waals surface area contributed by atoms with E-state index < -0.39 is 0 Å². The van der Waals surface area contributed by atoms with Crippen LogP contribution in [0.1, 0.15) is 45.1 Å². The van der Waals surface area contributed by atoms with E-state index in [0.29, 0.717) is 12.4 Å². The van der Waals surface area contributed by atoms with Crippen LogP contribution >= 0.6 is 0 Å². The Kier molecular flexibility index (Phi) is 8.52. The van der Waals surface area contributed by atoms with Gasteiger partial charge in [-0.3, -0.25) is 4.90 Å². The summed E-state index contributed by atoms with van der Waals surface area (Å²) >= 11 is 0. The van der Waals surface area contributed by atoms with E-state index in [1.807, 2.05) is 18.3 Å². The molecule has 25 heavy (non-hydrogen) atoms. The second kappa shape index (κ2) is 10.9. The lowest BCUT2D eigenvalue weighted by atomic mass is 10.0. The number of hydrogen-bond donors (Lipinski definition) is 2. The zero-order valence-corrected chi connectivity index (χ0v) is 15.9. The van der Waals surface area contributed by atoms with Crippen LogP contribution in [0.15, 0.2) is 23.3 Å². The molecule has 1 aromatic rings. The van der Waals surface area contributed by atoms with Crippen LogP contribution in [0.25, 0.3) is 0 Å². The highest BCUT2D eigenvalue weighted by atomic mass is 16.5. The molecule has 0 saturated carbocycles. The third-order valence-corrected chi connectivity index (χ3v) is 4.68. The van der Waals surface area contributed by atoms with Gasteiger partial charge in [-0.1, -0.05) is 19.4 Å². The molecule has 1 fully saturated rings. The molecule has 1 atom stereocenters. The minimum Gasteiger partial charge on any atom is -0.481 e. The van der Waals surface area contributed by atoms with Crippen molar-refractivity contribution in [3.8, 4) is 5.88 Å². The number of piperidine rings is 1. The Hall–Kier alpha value is -1.82. The molecule has 2 heterocycles. The first kappa shape index (κ1) is 19.5. The Bertz CT molecular complexity index is 517. The van der Waals surface area contributed by atoms with Gasteiger partial charge in [-0.2, -0.15) is 0 Å². The summed E-state index contributed by atoms with van der Waals surface area (Å²) in [6.45, 7) is 9.07. The molecule has 0 bridgehead atoms. The molecule has 2 rings (SSSR count). The lowest BCUT2D eigenvalue weighted by molar-refractivity contribution is 0.147. The first-order valence-electron chi connectivity index (χ1n) is 9.52. The average Bonchev–Trinajstić information content (AvgIpc) is 2.67. The van der Waals surface area contributed by atoms with Crippen LogP contribution in [0.3, 0.4) is 0 Å². The molecule has 1 aliphatic heterocycles. The summed E-state index contributed by atoms with van der Waals surface area (Å²) in [5.74, 6) is 1.49. The van der Waals surface area contributed by atoms with Crippen LogP contribution in [0.2, 0.25) is 0 Å². The Labute approximate surface area is 152 Å². The number of nitrogens with zero attached hydrogens (tertiary/aromatic N) is 3. The number of aliphatic imine (C=N–C) groups is 1. The molecule has 0 aliphatic carbocycles. The van der Waals surface area contributed by atoms with Gasteiger partial charge in [-0.25, -0.2) is 9.98 Å². The quantitative estimate of drug-likeness (QED) is 0.559. The van der Waals surface area contributed by atoms with E-state index in [-0.39, 0.29) is 0 Å². The van der Waals surface area contributed by atoms with Gasteiger partial charge in [0.05, 0.1) is 13.7 Å². The molecular weight excluding hydrogens is 314 g/mol. The van der Waals surface area contributed by atoms with Crippen molar-refractivity contribution < 1.29 is 4.74 Å². The average molecular weight is 348 g/mol. The van der Waals surface area contributed by atoms with E-state index in [1.54, 1.807) is 7.11 Å². The van der Waals surface area contributed by atoms with Gasteiger partial charge < -0.3 is 15.4 Å². The third-order valence-electron chi connectivity index (χ3n) is 4.68. The second-order valence-corrected chi connectivity index (χ2v) is 6.42. The van der Waals surface area contributed by atoms with Gasteiger partial charge in [-0.05, 0) is 38.3 Å². The maximum Gasteiger partial charge on any atom is 0.212 e. The van der Waals surface area contributed by atoms with Crippen LogP contribution in [-0.4, -0.2) is 55.2 Å². The summed E-state index contributed by atoms with van der Waals surface area (Å²) in [5.41, 5.74) is 1.07. The molecule has 0 spiro atoms. The first-order valence-corrected chi connectivity index (χ1v) is 9.52. The van der Waals surface area contributed by atoms with Gasteiger partial charge in [0, 0.05) is 37.9 Å². The molecule has 0 radical (unpaired) electrons. The second-order valence-electron chi connectivity index (χ2n) is 6.42. The molecule has 0 aromatic carbocycles. The number of aromatic nitrogens is 1. The van der Waals surface area contributed by atoms with E-state index in [9.17, 15) is 0 Å². The van der Waals surface area contributed by atoms with Gasteiger partial charge in [0.1, 0.15) is 0 Å². The number of rotatable bonds is 8. The highest BCUT2D eigenvalue weighted by Gasteiger charge is 2.19. The Morgan fingerprint density at radius 2 is 2.20 bits per heavy atom. The predicted octanol–water partition coefficient (Wildman–Crippen LogP) is 2.41. The van der Waals surface area contributed by atoms with Gasteiger partial charge in [0.25, 0.3) is 0 Å². The number of methoxy groups -OCH3 is 1. The molecule has 6 nitrogen and oxygen atoms in total. The van der Waals surface area contributed by atoms with Crippen molar-refractivity contribution in [3.63, 3.8) is 0 Å². The van der Waals surface area contributed by atoms with Gasteiger partial charge in [0.2, 0.25) is 5.88 Å². The van der Waals surface area contributed by atoms with Crippen molar-refractivity contribution in [2.45, 2.75) is 52.1 Å². The van der Waals surface area contributed by atoms with Gasteiger partial charge in [0.15, 0.2) is 5.96 Å². The summed E-state index contributed by atoms with van der Waals surface area (Å²) in [6, 6.07) is 4.62. The van der Waals surface area contributed by atoms with Crippen LogP contribution in [0.4, 0.5) is 0 Å². The lowest BCUT2D eigenvalue weighted by Gasteiger charge is -2.35. The highest BCUT2D eigenvalue weighted by Crippen LogP contribution is 2.18. The molecule has 140 valence electrons. The smallest absolute Gasteiger partial charge is 0.212 e. The Balaban J connectivity index is 1.82.